The molecule has 1 aliphatic carbocycles. The summed E-state index contributed by atoms with van der Waals surface area (Å²) in [7, 11) is 0. The minimum absolute atomic E-state index is 0.0270. The Labute approximate surface area is 180 Å². The van der Waals surface area contributed by atoms with Gasteiger partial charge in [0.25, 0.3) is 5.56 Å². The number of aryl methyl sites for hydroxylation is 1. The largest absolute Gasteiger partial charge is 0.378 e. The third kappa shape index (κ3) is 3.86. The third-order valence-electron chi connectivity index (χ3n) is 6.71. The first-order chi connectivity index (χ1) is 15.0. The summed E-state index contributed by atoms with van der Waals surface area (Å²) in [5, 5.41) is 3.20. The van der Waals surface area contributed by atoms with Gasteiger partial charge in [-0.05, 0) is 39.0 Å². The van der Waals surface area contributed by atoms with E-state index in [1.165, 1.54) is 4.52 Å². The molecule has 0 spiro atoms. The van der Waals surface area contributed by atoms with Crippen LogP contribution in [-0.4, -0.2) is 69.1 Å². The number of hydrogen-bond donors (Lipinski definition) is 1. The summed E-state index contributed by atoms with van der Waals surface area (Å²) in [4.78, 5) is 46.7. The summed E-state index contributed by atoms with van der Waals surface area (Å²) in [6, 6.07) is 1.86. The fourth-order valence-corrected chi connectivity index (χ4v) is 4.77. The van der Waals surface area contributed by atoms with Crippen LogP contribution < -0.4 is 5.56 Å². The average molecular weight is 428 g/mol. The van der Waals surface area contributed by atoms with Crippen molar-refractivity contribution >= 4 is 17.5 Å². The third-order valence-corrected chi connectivity index (χ3v) is 6.71. The van der Waals surface area contributed by atoms with E-state index in [-0.39, 0.29) is 35.8 Å². The van der Waals surface area contributed by atoms with Crippen molar-refractivity contribution in [2.45, 2.75) is 51.5 Å². The molecule has 2 saturated heterocycles. The highest BCUT2D eigenvalue weighted by molar-refractivity contribution is 5.81. The van der Waals surface area contributed by atoms with Crippen molar-refractivity contribution in [1.82, 2.24) is 24.4 Å². The molecule has 2 aliphatic heterocycles. The fraction of sp³-hybridized carbons (Fsp3) is 0.636. The first-order valence-electron chi connectivity index (χ1n) is 11.3. The molecule has 1 saturated carbocycles. The second-order valence-electron chi connectivity index (χ2n) is 8.84. The maximum Gasteiger partial charge on any atom is 0.276 e. The van der Waals surface area contributed by atoms with Crippen molar-refractivity contribution < 1.29 is 14.3 Å². The molecule has 3 aliphatic rings. The molecule has 5 rings (SSSR count). The maximum absolute atomic E-state index is 13.2. The molecule has 31 heavy (non-hydrogen) atoms. The van der Waals surface area contributed by atoms with Gasteiger partial charge in [-0.15, -0.1) is 0 Å². The number of carbonyl (C=O) groups is 2. The number of fused-ring (bicyclic) bond motifs is 1. The number of morpholine rings is 1. The predicted molar refractivity (Wildman–Crippen MR) is 113 cm³/mol. The Morgan fingerprint density at radius 1 is 1.19 bits per heavy atom. The van der Waals surface area contributed by atoms with Crippen LogP contribution in [0.5, 0.6) is 0 Å². The number of H-pyrrole nitrogens is 1. The molecule has 0 bridgehead atoms. The van der Waals surface area contributed by atoms with Gasteiger partial charge in [0.2, 0.25) is 11.8 Å². The molecule has 0 radical (unpaired) electrons. The van der Waals surface area contributed by atoms with Crippen LogP contribution in [-0.2, 0) is 20.7 Å². The highest BCUT2D eigenvalue weighted by Crippen LogP contribution is 2.38. The number of nitrogens with zero attached hydrogens (tertiary/aromatic N) is 4. The fourth-order valence-electron chi connectivity index (χ4n) is 4.77. The van der Waals surface area contributed by atoms with E-state index in [2.05, 4.69) is 10.1 Å². The Bertz CT molecular complexity index is 1060. The zero-order chi connectivity index (χ0) is 21.5. The molecular formula is C22H29N5O4. The second-order valence-corrected chi connectivity index (χ2v) is 8.84. The average Bonchev–Trinajstić information content (AvgIpc) is 3.36. The van der Waals surface area contributed by atoms with Gasteiger partial charge in [0.05, 0.1) is 24.9 Å². The van der Waals surface area contributed by atoms with Gasteiger partial charge in [-0.2, -0.15) is 0 Å². The number of carbonyl (C=O) groups excluding carboxylic acids is 2. The quantitative estimate of drug-likeness (QED) is 0.773. The minimum Gasteiger partial charge on any atom is -0.378 e. The molecule has 2 aromatic heterocycles. The van der Waals surface area contributed by atoms with Gasteiger partial charge >= 0.3 is 0 Å². The number of aromatic amines is 1. The van der Waals surface area contributed by atoms with E-state index in [1.807, 2.05) is 17.9 Å². The van der Waals surface area contributed by atoms with E-state index in [0.717, 1.165) is 37.9 Å². The topological polar surface area (TPSA) is 100 Å². The summed E-state index contributed by atoms with van der Waals surface area (Å²) in [6.07, 6.45) is 4.47. The molecule has 1 N–H and O–H groups in total. The number of likely N-dealkylation sites (tertiary alicyclic amines) is 1. The first kappa shape index (κ1) is 20.2. The normalized spacial score (nSPS) is 21.8. The van der Waals surface area contributed by atoms with Crippen LogP contribution in [0.2, 0.25) is 0 Å². The summed E-state index contributed by atoms with van der Waals surface area (Å²) in [5.41, 5.74) is 2.47. The van der Waals surface area contributed by atoms with Gasteiger partial charge in [-0.1, -0.05) is 0 Å². The number of aromatic nitrogens is 3. The van der Waals surface area contributed by atoms with Gasteiger partial charge in [0.15, 0.2) is 5.65 Å². The SMILES string of the molecule is Cc1nc2cc([C@@H]3CCCN3C(=O)C3CC3)[nH]n2c(=O)c1CCC(=O)N1CCOCC1. The van der Waals surface area contributed by atoms with Gasteiger partial charge in [-0.25, -0.2) is 9.50 Å². The molecule has 9 heteroatoms. The van der Waals surface area contributed by atoms with Gasteiger partial charge in [0, 0.05) is 49.3 Å². The lowest BCUT2D eigenvalue weighted by molar-refractivity contribution is -0.135. The molecule has 9 nitrogen and oxygen atoms in total. The van der Waals surface area contributed by atoms with E-state index in [1.54, 1.807) is 4.90 Å². The number of ether oxygens (including phenoxy) is 1. The lowest BCUT2D eigenvalue weighted by Crippen LogP contribution is -2.41. The second kappa shape index (κ2) is 8.11. The molecule has 3 fully saturated rings. The first-order valence-corrected chi connectivity index (χ1v) is 11.3. The molecule has 166 valence electrons. The number of amides is 2. The Morgan fingerprint density at radius 3 is 2.71 bits per heavy atom. The van der Waals surface area contributed by atoms with E-state index in [4.69, 9.17) is 4.74 Å². The molecule has 2 amide bonds. The standard InChI is InChI=1S/C22H29N5O4/c1-14-16(6-7-20(28)25-9-11-31-12-10-25)22(30)27-19(23-14)13-17(24-27)18-3-2-8-26(18)21(29)15-4-5-15/h13,15,18,24H,2-12H2,1H3/t18-/m0/s1. The van der Waals surface area contributed by atoms with Crippen molar-refractivity contribution in [1.29, 1.82) is 0 Å². The van der Waals surface area contributed by atoms with Crippen LogP contribution in [0.3, 0.4) is 0 Å². The number of rotatable bonds is 5. The predicted octanol–water partition coefficient (Wildman–Crippen LogP) is 1.20. The van der Waals surface area contributed by atoms with E-state index in [9.17, 15) is 14.4 Å². The Morgan fingerprint density at radius 2 is 1.97 bits per heavy atom. The van der Waals surface area contributed by atoms with E-state index in [0.29, 0.717) is 49.6 Å². The monoisotopic (exact) mass is 427 g/mol. The zero-order valence-electron chi connectivity index (χ0n) is 17.9. The maximum atomic E-state index is 13.2. The van der Waals surface area contributed by atoms with E-state index >= 15 is 0 Å². The Kier molecular flexibility index (Phi) is 5.29. The molecule has 4 heterocycles. The molecule has 0 unspecified atom stereocenters. The van der Waals surface area contributed by atoms with E-state index < -0.39 is 0 Å². The lowest BCUT2D eigenvalue weighted by Gasteiger charge is -2.26. The molecular weight excluding hydrogens is 398 g/mol. The van der Waals surface area contributed by atoms with Crippen LogP contribution in [0.25, 0.3) is 5.65 Å². The van der Waals surface area contributed by atoms with Crippen molar-refractivity contribution in [3.05, 3.63) is 33.4 Å². The van der Waals surface area contributed by atoms with Crippen LogP contribution in [0, 0.1) is 12.8 Å². The summed E-state index contributed by atoms with van der Waals surface area (Å²) < 4.78 is 6.76. The zero-order valence-corrected chi connectivity index (χ0v) is 17.9. The highest BCUT2D eigenvalue weighted by Gasteiger charge is 2.39. The highest BCUT2D eigenvalue weighted by atomic mass is 16.5. The Hall–Kier alpha value is -2.68. The van der Waals surface area contributed by atoms with Crippen molar-refractivity contribution in [2.75, 3.05) is 32.8 Å². The van der Waals surface area contributed by atoms with Gasteiger partial charge in [0.1, 0.15) is 0 Å². The van der Waals surface area contributed by atoms with Gasteiger partial charge < -0.3 is 14.5 Å². The Balaban J connectivity index is 1.37. The van der Waals surface area contributed by atoms with Gasteiger partial charge in [-0.3, -0.25) is 19.5 Å². The lowest BCUT2D eigenvalue weighted by atomic mass is 10.1. The smallest absolute Gasteiger partial charge is 0.276 e. The van der Waals surface area contributed by atoms with Crippen molar-refractivity contribution in [2.24, 2.45) is 5.92 Å². The summed E-state index contributed by atoms with van der Waals surface area (Å²) in [6.45, 7) is 4.92. The molecule has 1 atom stereocenters. The molecule has 0 aromatic carbocycles. The number of hydrogen-bond acceptors (Lipinski definition) is 5. The number of nitrogens with one attached hydrogen (secondary N) is 1. The summed E-state index contributed by atoms with van der Waals surface area (Å²) >= 11 is 0. The van der Waals surface area contributed by atoms with Crippen LogP contribution in [0.1, 0.15) is 55.1 Å². The summed E-state index contributed by atoms with van der Waals surface area (Å²) in [5.74, 6) is 0.461. The van der Waals surface area contributed by atoms with Crippen LogP contribution in [0.15, 0.2) is 10.9 Å². The van der Waals surface area contributed by atoms with Crippen LogP contribution >= 0.6 is 0 Å². The molecule has 2 aromatic rings. The van der Waals surface area contributed by atoms with Crippen LogP contribution in [0.4, 0.5) is 0 Å². The van der Waals surface area contributed by atoms with Crippen molar-refractivity contribution in [3.8, 4) is 0 Å². The minimum atomic E-state index is -0.165. The van der Waals surface area contributed by atoms with Crippen molar-refractivity contribution in [3.63, 3.8) is 0 Å².